The maximum absolute atomic E-state index is 11.6. The molecule has 1 amide bonds. The number of aryl methyl sites for hydroxylation is 3. The van der Waals surface area contributed by atoms with E-state index in [1.54, 1.807) is 0 Å². The molecule has 3 N–H and O–H groups in total. The highest BCUT2D eigenvalue weighted by Crippen LogP contribution is 2.22. The minimum atomic E-state index is -0.405. The third-order valence-corrected chi connectivity index (χ3v) is 3.46. The molecule has 2 rings (SSSR count). The van der Waals surface area contributed by atoms with Crippen molar-refractivity contribution in [1.82, 2.24) is 4.98 Å². The van der Waals surface area contributed by atoms with Gasteiger partial charge >= 0.3 is 0 Å². The van der Waals surface area contributed by atoms with Crippen molar-refractivity contribution in [3.05, 3.63) is 52.7 Å². The van der Waals surface area contributed by atoms with Gasteiger partial charge in [0, 0.05) is 5.69 Å². The smallest absolute Gasteiger partial charge is 0.250 e. The van der Waals surface area contributed by atoms with E-state index in [2.05, 4.69) is 10.3 Å². The van der Waals surface area contributed by atoms with Crippen LogP contribution in [0, 0.1) is 6.92 Å². The topological polar surface area (TPSA) is 68.0 Å². The molecule has 0 saturated heterocycles. The fraction of sp³-hybridized carbons (Fsp3) is 0.294. The molecular weight excluding hydrogens is 262 g/mol. The van der Waals surface area contributed by atoms with E-state index >= 15 is 0 Å². The number of carbonyl (C=O) groups is 1. The van der Waals surface area contributed by atoms with Gasteiger partial charge in [-0.2, -0.15) is 0 Å². The summed E-state index contributed by atoms with van der Waals surface area (Å²) in [6, 6.07) is 10.0. The van der Waals surface area contributed by atoms with Crippen molar-refractivity contribution in [2.24, 2.45) is 5.73 Å². The molecule has 1 aromatic heterocycles. The number of amides is 1. The number of carbonyl (C=O) groups excluding carboxylic acids is 1. The number of nitrogens with two attached hydrogens (primary N) is 1. The maximum atomic E-state index is 11.6. The number of nitrogens with one attached hydrogen (secondary N) is 1. The van der Waals surface area contributed by atoms with Gasteiger partial charge in [-0.25, -0.2) is 4.98 Å². The van der Waals surface area contributed by atoms with Crippen molar-refractivity contribution in [2.45, 2.75) is 33.6 Å². The molecule has 2 aromatic rings. The Balaban J connectivity index is 2.40. The van der Waals surface area contributed by atoms with E-state index in [1.807, 2.05) is 51.1 Å². The van der Waals surface area contributed by atoms with Crippen LogP contribution >= 0.6 is 0 Å². The summed E-state index contributed by atoms with van der Waals surface area (Å²) < 4.78 is 0. The van der Waals surface area contributed by atoms with E-state index < -0.39 is 5.91 Å². The molecule has 4 nitrogen and oxygen atoms in total. The lowest BCUT2D eigenvalue weighted by Crippen LogP contribution is -2.18. The van der Waals surface area contributed by atoms with Gasteiger partial charge in [0.25, 0.3) is 5.91 Å². The highest BCUT2D eigenvalue weighted by molar-refractivity contribution is 5.95. The van der Waals surface area contributed by atoms with Crippen molar-refractivity contribution in [3.63, 3.8) is 0 Å². The third kappa shape index (κ3) is 3.40. The van der Waals surface area contributed by atoms with Crippen LogP contribution in [0.5, 0.6) is 0 Å². The average molecular weight is 283 g/mol. The van der Waals surface area contributed by atoms with E-state index in [4.69, 9.17) is 5.73 Å². The Hall–Kier alpha value is -2.36. The molecule has 0 aliphatic carbocycles. The lowest BCUT2D eigenvalue weighted by atomic mass is 10.0. The van der Waals surface area contributed by atoms with E-state index in [0.717, 1.165) is 29.2 Å². The first kappa shape index (κ1) is 15.0. The zero-order chi connectivity index (χ0) is 15.4. The lowest BCUT2D eigenvalue weighted by molar-refractivity contribution is 0.0998. The van der Waals surface area contributed by atoms with Crippen molar-refractivity contribution in [3.8, 4) is 0 Å². The first-order valence-electron chi connectivity index (χ1n) is 7.21. The molecule has 1 aromatic carbocycles. The average Bonchev–Trinajstić information content (AvgIpc) is 2.48. The number of pyridine rings is 1. The molecule has 0 aliphatic rings. The Morgan fingerprint density at radius 2 is 1.86 bits per heavy atom. The quantitative estimate of drug-likeness (QED) is 0.884. The monoisotopic (exact) mass is 283 g/mol. The Morgan fingerprint density at radius 1 is 1.19 bits per heavy atom. The van der Waals surface area contributed by atoms with Crippen LogP contribution in [0.3, 0.4) is 0 Å². The fourth-order valence-electron chi connectivity index (χ4n) is 2.34. The number of rotatable bonds is 5. The number of benzene rings is 1. The summed E-state index contributed by atoms with van der Waals surface area (Å²) >= 11 is 0. The Bertz CT molecular complexity index is 623. The highest BCUT2D eigenvalue weighted by Gasteiger charge is 2.15. The van der Waals surface area contributed by atoms with Crippen LogP contribution in [0.15, 0.2) is 30.3 Å². The molecule has 0 atom stereocenters. The minimum absolute atomic E-state index is 0.405. The standard InChI is InChI=1S/C17H21N3O/c1-4-12-10-15(19-13-8-6-11(3)7-9-13)20-14(5-2)16(12)17(18)21/h6-10H,4-5H2,1-3H3,(H2,18,21)(H,19,20). The minimum Gasteiger partial charge on any atom is -0.366 e. The van der Waals surface area contributed by atoms with E-state index in [0.29, 0.717) is 12.0 Å². The van der Waals surface area contributed by atoms with E-state index in [9.17, 15) is 4.79 Å². The Labute approximate surface area is 125 Å². The van der Waals surface area contributed by atoms with Gasteiger partial charge in [0.15, 0.2) is 0 Å². The van der Waals surface area contributed by atoms with Gasteiger partial charge in [0.05, 0.1) is 11.3 Å². The molecule has 0 spiro atoms. The van der Waals surface area contributed by atoms with Crippen molar-refractivity contribution < 1.29 is 4.79 Å². The number of anilines is 2. The summed E-state index contributed by atoms with van der Waals surface area (Å²) in [5.41, 5.74) is 9.92. The van der Waals surface area contributed by atoms with Crippen molar-refractivity contribution in [1.29, 1.82) is 0 Å². The first-order valence-corrected chi connectivity index (χ1v) is 7.21. The molecule has 110 valence electrons. The second-order valence-electron chi connectivity index (χ2n) is 5.05. The van der Waals surface area contributed by atoms with Crippen LogP contribution in [0.4, 0.5) is 11.5 Å². The molecule has 1 heterocycles. The van der Waals surface area contributed by atoms with Crippen LogP contribution in [-0.4, -0.2) is 10.9 Å². The SMILES string of the molecule is CCc1cc(Nc2ccc(C)cc2)nc(CC)c1C(N)=O. The molecule has 0 unspecified atom stereocenters. The number of aromatic nitrogens is 1. The van der Waals surface area contributed by atoms with Crippen LogP contribution in [-0.2, 0) is 12.8 Å². The molecular formula is C17H21N3O. The highest BCUT2D eigenvalue weighted by atomic mass is 16.1. The normalized spacial score (nSPS) is 10.4. The van der Waals surface area contributed by atoms with E-state index in [1.165, 1.54) is 5.56 Å². The molecule has 4 heteroatoms. The second-order valence-corrected chi connectivity index (χ2v) is 5.05. The molecule has 0 saturated carbocycles. The Morgan fingerprint density at radius 3 is 2.38 bits per heavy atom. The van der Waals surface area contributed by atoms with E-state index in [-0.39, 0.29) is 0 Å². The van der Waals surface area contributed by atoms with Gasteiger partial charge in [-0.3, -0.25) is 4.79 Å². The van der Waals surface area contributed by atoms with Gasteiger partial charge in [0.1, 0.15) is 5.82 Å². The predicted octanol–water partition coefficient (Wildman–Crippen LogP) is 3.36. The summed E-state index contributed by atoms with van der Waals surface area (Å²) in [5.74, 6) is 0.343. The van der Waals surface area contributed by atoms with Crippen LogP contribution < -0.4 is 11.1 Å². The maximum Gasteiger partial charge on any atom is 0.250 e. The van der Waals surface area contributed by atoms with Crippen LogP contribution in [0.25, 0.3) is 0 Å². The largest absolute Gasteiger partial charge is 0.366 e. The fourth-order valence-corrected chi connectivity index (χ4v) is 2.34. The third-order valence-electron chi connectivity index (χ3n) is 3.46. The zero-order valence-electron chi connectivity index (χ0n) is 12.7. The number of nitrogens with zero attached hydrogens (tertiary/aromatic N) is 1. The number of primary amides is 1. The van der Waals surface area contributed by atoms with Crippen LogP contribution in [0.2, 0.25) is 0 Å². The van der Waals surface area contributed by atoms with Crippen LogP contribution in [0.1, 0.15) is 41.0 Å². The molecule has 0 radical (unpaired) electrons. The van der Waals surface area contributed by atoms with Gasteiger partial charge in [-0.1, -0.05) is 31.5 Å². The zero-order valence-corrected chi connectivity index (χ0v) is 12.7. The van der Waals surface area contributed by atoms with Gasteiger partial charge in [0.2, 0.25) is 0 Å². The number of hydrogen-bond acceptors (Lipinski definition) is 3. The summed E-state index contributed by atoms with van der Waals surface area (Å²) in [7, 11) is 0. The van der Waals surface area contributed by atoms with Crippen molar-refractivity contribution >= 4 is 17.4 Å². The van der Waals surface area contributed by atoms with Crippen molar-refractivity contribution in [2.75, 3.05) is 5.32 Å². The first-order chi connectivity index (χ1) is 10.0. The van der Waals surface area contributed by atoms with Gasteiger partial charge in [-0.15, -0.1) is 0 Å². The van der Waals surface area contributed by atoms with Gasteiger partial charge < -0.3 is 11.1 Å². The second kappa shape index (κ2) is 6.39. The number of hydrogen-bond donors (Lipinski definition) is 2. The van der Waals surface area contributed by atoms with Gasteiger partial charge in [-0.05, 0) is 43.5 Å². The Kier molecular flexibility index (Phi) is 4.58. The summed E-state index contributed by atoms with van der Waals surface area (Å²) in [6.07, 6.45) is 1.42. The summed E-state index contributed by atoms with van der Waals surface area (Å²) in [6.45, 7) is 6.04. The summed E-state index contributed by atoms with van der Waals surface area (Å²) in [5, 5.41) is 3.28. The predicted molar refractivity (Wildman–Crippen MR) is 86.0 cm³/mol. The summed E-state index contributed by atoms with van der Waals surface area (Å²) in [4.78, 5) is 16.2. The molecule has 0 fully saturated rings. The molecule has 0 aliphatic heterocycles. The lowest BCUT2D eigenvalue weighted by Gasteiger charge is -2.13. The molecule has 21 heavy (non-hydrogen) atoms. The molecule has 0 bridgehead atoms.